The van der Waals surface area contributed by atoms with Gasteiger partial charge in [0, 0.05) is 42.5 Å². The van der Waals surface area contributed by atoms with Gasteiger partial charge in [0.1, 0.15) is 0 Å². The van der Waals surface area contributed by atoms with Crippen LogP contribution in [0.2, 0.25) is 0 Å². The average Bonchev–Trinajstić information content (AvgIpc) is 3.42. The molecule has 150 valence electrons. The molecule has 0 aliphatic heterocycles. The fourth-order valence-corrected chi connectivity index (χ4v) is 4.31. The lowest BCUT2D eigenvalue weighted by Crippen LogP contribution is -2.38. The Morgan fingerprint density at radius 3 is 2.75 bits per heavy atom. The van der Waals surface area contributed by atoms with E-state index in [-0.39, 0.29) is 11.8 Å². The predicted octanol–water partition coefficient (Wildman–Crippen LogP) is 4.35. The molecule has 0 bridgehead atoms. The van der Waals surface area contributed by atoms with Crippen LogP contribution in [0.3, 0.4) is 0 Å². The zero-order valence-electron chi connectivity index (χ0n) is 16.7. The van der Waals surface area contributed by atoms with E-state index in [9.17, 15) is 4.79 Å². The summed E-state index contributed by atoms with van der Waals surface area (Å²) in [5.74, 6) is 1.55. The summed E-state index contributed by atoms with van der Waals surface area (Å²) in [6.45, 7) is 3.69. The van der Waals surface area contributed by atoms with Crippen LogP contribution in [0.1, 0.15) is 49.0 Å². The zero-order chi connectivity index (χ0) is 19.8. The Kier molecular flexibility index (Phi) is 7.48. The summed E-state index contributed by atoms with van der Waals surface area (Å²) in [6, 6.07) is 12.3. The summed E-state index contributed by atoms with van der Waals surface area (Å²) in [6.07, 6.45) is 4.36. The summed E-state index contributed by atoms with van der Waals surface area (Å²) in [5, 5.41) is 11.9. The van der Waals surface area contributed by atoms with Crippen molar-refractivity contribution in [3.8, 4) is 0 Å². The van der Waals surface area contributed by atoms with Crippen molar-refractivity contribution in [1.82, 2.24) is 10.6 Å². The van der Waals surface area contributed by atoms with Crippen LogP contribution in [-0.4, -0.2) is 25.5 Å². The number of nitrogens with zero attached hydrogens (tertiary/aromatic N) is 1. The molecule has 1 heterocycles. The van der Waals surface area contributed by atoms with Gasteiger partial charge in [0.05, 0.1) is 0 Å². The number of carbonyl (C=O) groups excluding carboxylic acids is 1. The number of rotatable bonds is 7. The third kappa shape index (κ3) is 5.83. The van der Waals surface area contributed by atoms with Crippen molar-refractivity contribution in [2.45, 2.75) is 45.1 Å². The number of carbonyl (C=O) groups is 1. The van der Waals surface area contributed by atoms with Crippen LogP contribution >= 0.6 is 11.3 Å². The smallest absolute Gasteiger partial charge is 0.227 e. The van der Waals surface area contributed by atoms with Gasteiger partial charge < -0.3 is 16.0 Å². The molecule has 1 aromatic carbocycles. The third-order valence-corrected chi connectivity index (χ3v) is 6.31. The minimum Gasteiger partial charge on any atom is -0.356 e. The molecular formula is C22H30N4OS. The largest absolute Gasteiger partial charge is 0.356 e. The lowest BCUT2D eigenvalue weighted by Gasteiger charge is -2.16. The molecule has 6 heteroatoms. The van der Waals surface area contributed by atoms with Gasteiger partial charge >= 0.3 is 0 Å². The molecule has 2 aromatic rings. The van der Waals surface area contributed by atoms with Gasteiger partial charge in [-0.25, -0.2) is 0 Å². The number of thiophene rings is 1. The second kappa shape index (κ2) is 10.3. The number of anilines is 1. The Bertz CT molecular complexity index is 782. The average molecular weight is 399 g/mol. The standard InChI is InChI=1S/C22H30N4OS/c1-16(20-11-6-12-28-20)14-24-22(23-2)25-15-17-7-5-10-19(13-17)26-21(27)18-8-3-4-9-18/h5-7,10-13,16,18H,3-4,8-9,14-15H2,1-2H3,(H,26,27)(H2,23,24,25). The molecular weight excluding hydrogens is 368 g/mol. The lowest BCUT2D eigenvalue weighted by molar-refractivity contribution is -0.119. The number of aliphatic imine (C=N–C) groups is 1. The van der Waals surface area contributed by atoms with Gasteiger partial charge in [-0.05, 0) is 42.0 Å². The van der Waals surface area contributed by atoms with Gasteiger partial charge in [0.15, 0.2) is 5.96 Å². The Morgan fingerprint density at radius 2 is 2.04 bits per heavy atom. The Labute approximate surface area is 171 Å². The van der Waals surface area contributed by atoms with Crippen LogP contribution in [0.5, 0.6) is 0 Å². The van der Waals surface area contributed by atoms with E-state index in [1.807, 2.05) is 18.2 Å². The Balaban J connectivity index is 1.48. The van der Waals surface area contributed by atoms with Crippen molar-refractivity contribution >= 4 is 28.9 Å². The molecule has 0 radical (unpaired) electrons. The molecule has 3 N–H and O–H groups in total. The van der Waals surface area contributed by atoms with E-state index in [1.165, 1.54) is 17.7 Å². The van der Waals surface area contributed by atoms with E-state index < -0.39 is 0 Å². The topological polar surface area (TPSA) is 65.5 Å². The molecule has 0 spiro atoms. The summed E-state index contributed by atoms with van der Waals surface area (Å²) in [5.41, 5.74) is 1.98. The summed E-state index contributed by atoms with van der Waals surface area (Å²) in [4.78, 5) is 18.0. The van der Waals surface area contributed by atoms with E-state index in [2.05, 4.69) is 51.4 Å². The first-order chi connectivity index (χ1) is 13.7. The molecule has 1 aliphatic rings. The van der Waals surface area contributed by atoms with E-state index in [0.29, 0.717) is 12.5 Å². The number of nitrogens with one attached hydrogen (secondary N) is 3. The second-order valence-corrected chi connectivity index (χ2v) is 8.37. The van der Waals surface area contributed by atoms with Crippen LogP contribution in [0.15, 0.2) is 46.8 Å². The van der Waals surface area contributed by atoms with E-state index in [4.69, 9.17) is 0 Å². The third-order valence-electron chi connectivity index (χ3n) is 5.21. The molecule has 1 atom stereocenters. The fraction of sp³-hybridized carbons (Fsp3) is 0.455. The van der Waals surface area contributed by atoms with Crippen LogP contribution in [0.25, 0.3) is 0 Å². The number of hydrogen-bond donors (Lipinski definition) is 3. The number of guanidine groups is 1. The minimum atomic E-state index is 0.155. The van der Waals surface area contributed by atoms with Crippen LogP contribution in [0, 0.1) is 5.92 Å². The highest BCUT2D eigenvalue weighted by atomic mass is 32.1. The van der Waals surface area contributed by atoms with E-state index in [1.54, 1.807) is 18.4 Å². The molecule has 1 amide bonds. The number of benzene rings is 1. The molecule has 1 saturated carbocycles. The normalized spacial score (nSPS) is 16.0. The summed E-state index contributed by atoms with van der Waals surface area (Å²) in [7, 11) is 1.78. The van der Waals surface area contributed by atoms with Gasteiger partial charge in [-0.1, -0.05) is 38.0 Å². The molecule has 3 rings (SSSR count). The Hall–Kier alpha value is -2.34. The second-order valence-electron chi connectivity index (χ2n) is 7.39. The van der Waals surface area contributed by atoms with Gasteiger partial charge in [0.25, 0.3) is 0 Å². The highest BCUT2D eigenvalue weighted by molar-refractivity contribution is 7.10. The van der Waals surface area contributed by atoms with Crippen molar-refractivity contribution in [2.24, 2.45) is 10.9 Å². The fourth-order valence-electron chi connectivity index (χ4n) is 3.52. The highest BCUT2D eigenvalue weighted by Crippen LogP contribution is 2.26. The van der Waals surface area contributed by atoms with Crippen molar-refractivity contribution in [2.75, 3.05) is 18.9 Å². The van der Waals surface area contributed by atoms with Crippen molar-refractivity contribution in [3.63, 3.8) is 0 Å². The van der Waals surface area contributed by atoms with E-state index in [0.717, 1.165) is 36.6 Å². The molecule has 1 fully saturated rings. The molecule has 1 unspecified atom stereocenters. The quantitative estimate of drug-likeness (QED) is 0.480. The van der Waals surface area contributed by atoms with Gasteiger partial charge in [-0.3, -0.25) is 9.79 Å². The first kappa shape index (κ1) is 20.4. The molecule has 28 heavy (non-hydrogen) atoms. The lowest BCUT2D eigenvalue weighted by atomic mass is 10.1. The Morgan fingerprint density at radius 1 is 1.21 bits per heavy atom. The maximum Gasteiger partial charge on any atom is 0.227 e. The highest BCUT2D eigenvalue weighted by Gasteiger charge is 2.22. The van der Waals surface area contributed by atoms with Gasteiger partial charge in [-0.2, -0.15) is 0 Å². The number of hydrogen-bond acceptors (Lipinski definition) is 3. The maximum absolute atomic E-state index is 12.3. The summed E-state index contributed by atoms with van der Waals surface area (Å²) >= 11 is 1.78. The van der Waals surface area contributed by atoms with Crippen molar-refractivity contribution < 1.29 is 4.79 Å². The predicted molar refractivity (Wildman–Crippen MR) is 118 cm³/mol. The monoisotopic (exact) mass is 398 g/mol. The first-order valence-electron chi connectivity index (χ1n) is 10.0. The van der Waals surface area contributed by atoms with Crippen molar-refractivity contribution in [3.05, 3.63) is 52.2 Å². The van der Waals surface area contributed by atoms with Crippen LogP contribution < -0.4 is 16.0 Å². The molecule has 5 nitrogen and oxygen atoms in total. The molecule has 1 aliphatic carbocycles. The van der Waals surface area contributed by atoms with Gasteiger partial charge in [-0.15, -0.1) is 11.3 Å². The molecule has 1 aromatic heterocycles. The van der Waals surface area contributed by atoms with Crippen molar-refractivity contribution in [1.29, 1.82) is 0 Å². The van der Waals surface area contributed by atoms with E-state index >= 15 is 0 Å². The molecule has 0 saturated heterocycles. The maximum atomic E-state index is 12.3. The zero-order valence-corrected chi connectivity index (χ0v) is 17.5. The minimum absolute atomic E-state index is 0.155. The first-order valence-corrected chi connectivity index (χ1v) is 10.9. The number of amides is 1. The van der Waals surface area contributed by atoms with Crippen LogP contribution in [-0.2, 0) is 11.3 Å². The summed E-state index contributed by atoms with van der Waals surface area (Å²) < 4.78 is 0. The SMILES string of the molecule is CN=C(NCc1cccc(NC(=O)C2CCCC2)c1)NCC(C)c1cccs1. The van der Waals surface area contributed by atoms with Crippen LogP contribution in [0.4, 0.5) is 5.69 Å². The van der Waals surface area contributed by atoms with Gasteiger partial charge in [0.2, 0.25) is 5.91 Å².